The van der Waals surface area contributed by atoms with Gasteiger partial charge in [-0.25, -0.2) is 4.68 Å². The SMILES string of the molecule is O=C(O)CCCOc1ccccc1-c1cc(-c2ccccc2)n(C2=CC=C[C@H](Cl)C(Cl)=C2)n1. The minimum absolute atomic E-state index is 0.0608. The lowest BCUT2D eigenvalue weighted by atomic mass is 10.1. The quantitative estimate of drug-likeness (QED) is 0.291. The van der Waals surface area contributed by atoms with Crippen LogP contribution < -0.4 is 4.74 Å². The molecule has 168 valence electrons. The van der Waals surface area contributed by atoms with Gasteiger partial charge in [0.25, 0.3) is 0 Å². The molecule has 1 heterocycles. The van der Waals surface area contributed by atoms with Crippen molar-refractivity contribution in [1.82, 2.24) is 9.78 Å². The second-order valence-corrected chi connectivity index (χ2v) is 8.35. The smallest absolute Gasteiger partial charge is 0.303 e. The van der Waals surface area contributed by atoms with Crippen LogP contribution in [0.25, 0.3) is 28.2 Å². The zero-order chi connectivity index (χ0) is 23.2. The summed E-state index contributed by atoms with van der Waals surface area (Å²) in [7, 11) is 0. The molecule has 3 aromatic rings. The third-order valence-electron chi connectivity index (χ3n) is 5.08. The summed E-state index contributed by atoms with van der Waals surface area (Å²) in [5.41, 5.74) is 4.21. The minimum atomic E-state index is -0.838. The number of aliphatic carboxylic acids is 1. The molecule has 2 aromatic carbocycles. The highest BCUT2D eigenvalue weighted by molar-refractivity contribution is 6.38. The highest BCUT2D eigenvalue weighted by Crippen LogP contribution is 2.34. The average molecular weight is 481 g/mol. The van der Waals surface area contributed by atoms with Gasteiger partial charge < -0.3 is 9.84 Å². The van der Waals surface area contributed by atoms with Gasteiger partial charge in [-0.3, -0.25) is 4.79 Å². The van der Waals surface area contributed by atoms with Gasteiger partial charge in [0.2, 0.25) is 0 Å². The largest absolute Gasteiger partial charge is 0.493 e. The van der Waals surface area contributed by atoms with Gasteiger partial charge in [-0.05, 0) is 36.8 Å². The summed E-state index contributed by atoms with van der Waals surface area (Å²) in [5, 5.41) is 13.9. The van der Waals surface area contributed by atoms with Crippen molar-refractivity contribution in [3.63, 3.8) is 0 Å². The number of alkyl halides is 1. The topological polar surface area (TPSA) is 64.3 Å². The Labute approximate surface area is 202 Å². The Bertz CT molecular complexity index is 1230. The van der Waals surface area contributed by atoms with E-state index in [1.807, 2.05) is 89.6 Å². The first kappa shape index (κ1) is 22.9. The monoisotopic (exact) mass is 480 g/mol. The van der Waals surface area contributed by atoms with E-state index in [0.717, 1.165) is 28.2 Å². The molecule has 5 nitrogen and oxygen atoms in total. The molecule has 0 unspecified atom stereocenters. The zero-order valence-electron chi connectivity index (χ0n) is 17.7. The van der Waals surface area contributed by atoms with E-state index in [0.29, 0.717) is 23.8 Å². The van der Waals surface area contributed by atoms with E-state index in [2.05, 4.69) is 0 Å². The second kappa shape index (κ2) is 10.6. The first-order valence-electron chi connectivity index (χ1n) is 10.5. The number of carbonyl (C=O) groups is 1. The summed E-state index contributed by atoms with van der Waals surface area (Å²) in [6.07, 6.45) is 7.91. The van der Waals surface area contributed by atoms with E-state index in [1.54, 1.807) is 0 Å². The maximum Gasteiger partial charge on any atom is 0.303 e. The Morgan fingerprint density at radius 3 is 2.67 bits per heavy atom. The van der Waals surface area contributed by atoms with Crippen molar-refractivity contribution in [3.05, 3.63) is 90.0 Å². The van der Waals surface area contributed by atoms with Crippen LogP contribution in [0.3, 0.4) is 0 Å². The van der Waals surface area contributed by atoms with Crippen molar-refractivity contribution in [1.29, 1.82) is 0 Å². The fourth-order valence-corrected chi connectivity index (χ4v) is 3.81. The first-order chi connectivity index (χ1) is 16.0. The molecule has 7 heteroatoms. The molecule has 0 fully saturated rings. The molecule has 0 aliphatic heterocycles. The molecule has 1 aliphatic carbocycles. The van der Waals surface area contributed by atoms with Gasteiger partial charge in [0.05, 0.1) is 29.1 Å². The van der Waals surface area contributed by atoms with Crippen LogP contribution in [0.15, 0.2) is 90.0 Å². The molecule has 0 saturated carbocycles. The number of carboxylic acid groups (broad SMARTS) is 1. The van der Waals surface area contributed by atoms with Crippen LogP contribution in [0.1, 0.15) is 12.8 Å². The standard InChI is InChI=1S/C26H22Cl2N2O3/c27-21-12-6-10-19(16-22(21)28)30-24(18-8-2-1-3-9-18)17-23(29-30)20-11-4-5-13-25(20)33-15-7-14-26(31)32/h1-6,8-13,16-17,21H,7,14-15H2,(H,31,32)/t21-/m0/s1. The highest BCUT2D eigenvalue weighted by Gasteiger charge is 2.18. The molecule has 0 bridgehead atoms. The Kier molecular flexibility index (Phi) is 7.33. The number of hydrogen-bond donors (Lipinski definition) is 1. The van der Waals surface area contributed by atoms with E-state index >= 15 is 0 Å². The van der Waals surface area contributed by atoms with Crippen molar-refractivity contribution in [2.24, 2.45) is 0 Å². The van der Waals surface area contributed by atoms with Crippen LogP contribution in [0, 0.1) is 0 Å². The van der Waals surface area contributed by atoms with E-state index in [-0.39, 0.29) is 6.42 Å². The number of rotatable bonds is 8. The number of aromatic nitrogens is 2. The van der Waals surface area contributed by atoms with Crippen molar-refractivity contribution in [2.75, 3.05) is 6.61 Å². The van der Waals surface area contributed by atoms with Crippen LogP contribution in [-0.4, -0.2) is 32.8 Å². The summed E-state index contributed by atoms with van der Waals surface area (Å²) in [4.78, 5) is 10.8. The predicted octanol–water partition coefficient (Wildman–Crippen LogP) is 6.60. The summed E-state index contributed by atoms with van der Waals surface area (Å²) < 4.78 is 7.75. The lowest BCUT2D eigenvalue weighted by Crippen LogP contribution is -2.03. The first-order valence-corrected chi connectivity index (χ1v) is 11.3. The Morgan fingerprint density at radius 1 is 1.12 bits per heavy atom. The lowest BCUT2D eigenvalue weighted by molar-refractivity contribution is -0.137. The van der Waals surface area contributed by atoms with Crippen LogP contribution in [0.5, 0.6) is 5.75 Å². The zero-order valence-corrected chi connectivity index (χ0v) is 19.2. The van der Waals surface area contributed by atoms with E-state index < -0.39 is 11.3 Å². The van der Waals surface area contributed by atoms with Crippen LogP contribution in [0.4, 0.5) is 0 Å². The van der Waals surface area contributed by atoms with Gasteiger partial charge >= 0.3 is 5.97 Å². The van der Waals surface area contributed by atoms with Gasteiger partial charge in [-0.1, -0.05) is 66.2 Å². The fraction of sp³-hybridized carbons (Fsp3) is 0.154. The number of ether oxygens (including phenoxy) is 1. The molecule has 33 heavy (non-hydrogen) atoms. The van der Waals surface area contributed by atoms with E-state index in [1.165, 1.54) is 0 Å². The lowest BCUT2D eigenvalue weighted by Gasteiger charge is -2.10. The molecular weight excluding hydrogens is 459 g/mol. The molecule has 0 amide bonds. The summed E-state index contributed by atoms with van der Waals surface area (Å²) >= 11 is 12.7. The number of benzene rings is 2. The van der Waals surface area contributed by atoms with E-state index in [9.17, 15) is 4.79 Å². The molecule has 1 N–H and O–H groups in total. The van der Waals surface area contributed by atoms with Gasteiger partial charge in [-0.2, -0.15) is 5.10 Å². The number of hydrogen-bond acceptors (Lipinski definition) is 3. The van der Waals surface area contributed by atoms with Gasteiger partial charge in [0.15, 0.2) is 0 Å². The van der Waals surface area contributed by atoms with Gasteiger partial charge in [-0.15, -0.1) is 11.6 Å². The molecule has 1 aliphatic rings. The Balaban J connectivity index is 1.75. The van der Waals surface area contributed by atoms with Crippen LogP contribution in [-0.2, 0) is 4.79 Å². The van der Waals surface area contributed by atoms with Gasteiger partial charge in [0.1, 0.15) is 5.75 Å². The van der Waals surface area contributed by atoms with Crippen LogP contribution >= 0.6 is 23.2 Å². The fourth-order valence-electron chi connectivity index (χ4n) is 3.48. The summed E-state index contributed by atoms with van der Waals surface area (Å²) in [6, 6.07) is 19.6. The molecule has 0 spiro atoms. The summed E-state index contributed by atoms with van der Waals surface area (Å²) in [6.45, 7) is 0.307. The highest BCUT2D eigenvalue weighted by atomic mass is 35.5. The van der Waals surface area contributed by atoms with Crippen molar-refractivity contribution < 1.29 is 14.6 Å². The Hall–Kier alpha value is -3.28. The predicted molar refractivity (Wildman–Crippen MR) is 132 cm³/mol. The van der Waals surface area contributed by atoms with E-state index in [4.69, 9.17) is 38.1 Å². The molecule has 4 rings (SSSR count). The second-order valence-electron chi connectivity index (χ2n) is 7.44. The minimum Gasteiger partial charge on any atom is -0.493 e. The number of para-hydroxylation sites is 1. The summed E-state index contributed by atoms with van der Waals surface area (Å²) in [5.74, 6) is -0.189. The molecule has 0 saturated heterocycles. The normalized spacial score (nSPS) is 15.5. The number of allylic oxidation sites excluding steroid dienone is 6. The molecule has 1 aromatic heterocycles. The molecule has 1 atom stereocenters. The van der Waals surface area contributed by atoms with Crippen LogP contribution in [0.2, 0.25) is 0 Å². The molecule has 0 radical (unpaired) electrons. The number of halogens is 2. The molecular formula is C26H22Cl2N2O3. The maximum atomic E-state index is 10.8. The Morgan fingerprint density at radius 2 is 1.88 bits per heavy atom. The van der Waals surface area contributed by atoms with Crippen molar-refractivity contribution >= 4 is 34.9 Å². The third-order valence-corrected chi connectivity index (χ3v) is 5.91. The third kappa shape index (κ3) is 5.56. The van der Waals surface area contributed by atoms with Crippen molar-refractivity contribution in [3.8, 4) is 28.3 Å². The van der Waals surface area contributed by atoms with Gasteiger partial charge in [0, 0.05) is 22.6 Å². The average Bonchev–Trinajstić information content (AvgIpc) is 3.19. The number of nitrogens with zero attached hydrogens (tertiary/aromatic N) is 2. The van der Waals surface area contributed by atoms with Crippen molar-refractivity contribution in [2.45, 2.75) is 18.2 Å². The maximum absolute atomic E-state index is 10.8. The number of carboxylic acids is 1.